The van der Waals surface area contributed by atoms with Crippen LogP contribution in [-0.2, 0) is 0 Å². The molecule has 0 aliphatic carbocycles. The van der Waals surface area contributed by atoms with Gasteiger partial charge >= 0.3 is 0 Å². The van der Waals surface area contributed by atoms with Crippen LogP contribution in [0.25, 0.3) is 0 Å². The predicted octanol–water partition coefficient (Wildman–Crippen LogP) is 4.04. The Morgan fingerprint density at radius 1 is 0.875 bits per heavy atom. The number of nitrogens with zero attached hydrogens (tertiary/aromatic N) is 2. The molecule has 0 saturated carbocycles. The molecule has 0 N–H and O–H groups in total. The molecule has 0 bridgehead atoms. The van der Waals surface area contributed by atoms with Crippen LogP contribution in [0.15, 0.2) is 45.2 Å². The van der Waals surface area contributed by atoms with Gasteiger partial charge in [-0.2, -0.15) is 10.2 Å². The molecule has 0 amide bonds. The fraction of sp³-hybridized carbons (Fsp3) is 0.167. The van der Waals surface area contributed by atoms with Crippen molar-refractivity contribution < 1.29 is 0 Å². The fourth-order valence-electron chi connectivity index (χ4n) is 1.22. The zero-order valence-electron chi connectivity index (χ0n) is 9.18. The van der Waals surface area contributed by atoms with Crippen molar-refractivity contribution in [2.45, 2.75) is 13.8 Å². The van der Waals surface area contributed by atoms with Crippen molar-refractivity contribution in [1.82, 2.24) is 0 Å². The summed E-state index contributed by atoms with van der Waals surface area (Å²) in [4.78, 5) is 2.34. The first kappa shape index (κ1) is 11.2. The minimum absolute atomic E-state index is 0.964. The second kappa shape index (κ2) is 5.18. The molecule has 4 heteroatoms. The highest BCUT2D eigenvalue weighted by Crippen LogP contribution is 2.12. The predicted molar refractivity (Wildman–Crippen MR) is 73.1 cm³/mol. The minimum atomic E-state index is 0.964. The number of hydrogen-bond acceptors (Lipinski definition) is 4. The lowest BCUT2D eigenvalue weighted by Gasteiger charge is -1.94. The van der Waals surface area contributed by atoms with E-state index in [1.54, 1.807) is 22.7 Å². The van der Waals surface area contributed by atoms with Crippen molar-refractivity contribution in [1.29, 1.82) is 0 Å². The van der Waals surface area contributed by atoms with Crippen LogP contribution in [-0.4, -0.2) is 11.4 Å². The molecule has 2 nitrogen and oxygen atoms in total. The Balaban J connectivity index is 2.17. The zero-order chi connectivity index (χ0) is 11.4. The van der Waals surface area contributed by atoms with Gasteiger partial charge in [0.25, 0.3) is 0 Å². The Bertz CT molecular complexity index is 445. The second-order valence-electron chi connectivity index (χ2n) is 3.33. The summed E-state index contributed by atoms with van der Waals surface area (Å²) in [5.41, 5.74) is 1.93. The van der Waals surface area contributed by atoms with Crippen molar-refractivity contribution in [3.8, 4) is 0 Å². The first-order valence-corrected chi connectivity index (χ1v) is 6.70. The standard InChI is InChI=1S/C12H12N2S2/c1-9(11-5-3-7-15-11)13-14-10(2)12-6-4-8-16-12/h3-8H,1-2H3/b13-9+,14-10?. The zero-order valence-corrected chi connectivity index (χ0v) is 10.8. The van der Waals surface area contributed by atoms with Crippen molar-refractivity contribution >= 4 is 34.1 Å². The molecule has 0 radical (unpaired) electrons. The van der Waals surface area contributed by atoms with Gasteiger partial charge in [0, 0.05) is 0 Å². The van der Waals surface area contributed by atoms with Gasteiger partial charge in [0.2, 0.25) is 0 Å². The topological polar surface area (TPSA) is 24.7 Å². The molecule has 0 aliphatic heterocycles. The highest BCUT2D eigenvalue weighted by molar-refractivity contribution is 7.12. The quantitative estimate of drug-likeness (QED) is 0.578. The summed E-state index contributed by atoms with van der Waals surface area (Å²) in [7, 11) is 0. The highest BCUT2D eigenvalue weighted by Gasteiger charge is 1.99. The van der Waals surface area contributed by atoms with E-state index in [1.165, 1.54) is 9.75 Å². The lowest BCUT2D eigenvalue weighted by atomic mass is 10.3. The maximum absolute atomic E-state index is 4.24. The van der Waals surface area contributed by atoms with Gasteiger partial charge in [0.1, 0.15) is 0 Å². The van der Waals surface area contributed by atoms with Crippen LogP contribution < -0.4 is 0 Å². The first-order valence-electron chi connectivity index (χ1n) is 4.94. The third-order valence-electron chi connectivity index (χ3n) is 2.11. The molecule has 0 aliphatic rings. The molecular weight excluding hydrogens is 236 g/mol. The smallest absolute Gasteiger partial charge is 0.0771 e. The molecule has 0 unspecified atom stereocenters. The van der Waals surface area contributed by atoms with Gasteiger partial charge in [-0.1, -0.05) is 12.1 Å². The van der Waals surface area contributed by atoms with Crippen LogP contribution in [0.2, 0.25) is 0 Å². The summed E-state index contributed by atoms with van der Waals surface area (Å²) >= 11 is 3.37. The fourth-order valence-corrected chi connectivity index (χ4v) is 2.56. The SMILES string of the molecule is CC(=N/N=C(\C)c1cccs1)c1cccs1. The van der Waals surface area contributed by atoms with E-state index in [4.69, 9.17) is 0 Å². The summed E-state index contributed by atoms with van der Waals surface area (Å²) in [5.74, 6) is 0. The number of thiophene rings is 2. The third kappa shape index (κ3) is 2.65. The molecule has 82 valence electrons. The largest absolute Gasteiger partial charge is 0.154 e. The molecule has 2 aromatic rings. The monoisotopic (exact) mass is 248 g/mol. The normalized spacial score (nSPS) is 13.1. The number of rotatable bonds is 3. The van der Waals surface area contributed by atoms with Crippen molar-refractivity contribution in [2.75, 3.05) is 0 Å². The summed E-state index contributed by atoms with van der Waals surface area (Å²) in [6.45, 7) is 3.97. The van der Waals surface area contributed by atoms with Crippen LogP contribution >= 0.6 is 22.7 Å². The van der Waals surface area contributed by atoms with Gasteiger partial charge in [0.15, 0.2) is 0 Å². The van der Waals surface area contributed by atoms with Gasteiger partial charge < -0.3 is 0 Å². The maximum Gasteiger partial charge on any atom is 0.0771 e. The number of hydrogen-bond donors (Lipinski definition) is 0. The average Bonchev–Trinajstić information content (AvgIpc) is 2.95. The molecule has 0 spiro atoms. The highest BCUT2D eigenvalue weighted by atomic mass is 32.1. The summed E-state index contributed by atoms with van der Waals surface area (Å²) in [5, 5.41) is 12.6. The Labute approximate surface area is 103 Å². The lowest BCUT2D eigenvalue weighted by molar-refractivity contribution is 1.22. The molecule has 0 atom stereocenters. The molecule has 16 heavy (non-hydrogen) atoms. The third-order valence-corrected chi connectivity index (χ3v) is 4.06. The van der Waals surface area contributed by atoms with Gasteiger partial charge in [-0.3, -0.25) is 0 Å². The van der Waals surface area contributed by atoms with Crippen molar-refractivity contribution in [3.05, 3.63) is 44.8 Å². The van der Waals surface area contributed by atoms with Crippen LogP contribution in [0.4, 0.5) is 0 Å². The molecule has 0 fully saturated rings. The van der Waals surface area contributed by atoms with E-state index in [1.807, 2.05) is 36.7 Å². The summed E-state index contributed by atoms with van der Waals surface area (Å²) in [6.07, 6.45) is 0. The van der Waals surface area contributed by atoms with Crippen LogP contribution in [0.3, 0.4) is 0 Å². The van der Waals surface area contributed by atoms with Gasteiger partial charge in [-0.05, 0) is 36.7 Å². The molecule has 0 saturated heterocycles. The van der Waals surface area contributed by atoms with Crippen LogP contribution in [0.1, 0.15) is 23.6 Å². The van der Waals surface area contributed by atoms with Gasteiger partial charge in [-0.25, -0.2) is 0 Å². The van der Waals surface area contributed by atoms with E-state index in [9.17, 15) is 0 Å². The van der Waals surface area contributed by atoms with E-state index < -0.39 is 0 Å². The summed E-state index contributed by atoms with van der Waals surface area (Å²) in [6, 6.07) is 8.16. The Morgan fingerprint density at radius 3 is 1.62 bits per heavy atom. The van der Waals surface area contributed by atoms with Crippen LogP contribution in [0, 0.1) is 0 Å². The van der Waals surface area contributed by atoms with Crippen molar-refractivity contribution in [3.63, 3.8) is 0 Å². The van der Waals surface area contributed by atoms with Gasteiger partial charge in [-0.15, -0.1) is 22.7 Å². The second-order valence-corrected chi connectivity index (χ2v) is 5.22. The van der Waals surface area contributed by atoms with Crippen molar-refractivity contribution in [2.24, 2.45) is 10.2 Å². The van der Waals surface area contributed by atoms with E-state index in [0.29, 0.717) is 0 Å². The Morgan fingerprint density at radius 2 is 1.31 bits per heavy atom. The maximum atomic E-state index is 4.24. The molecule has 2 rings (SSSR count). The average molecular weight is 248 g/mol. The minimum Gasteiger partial charge on any atom is -0.154 e. The van der Waals surface area contributed by atoms with Crippen LogP contribution in [0.5, 0.6) is 0 Å². The Kier molecular flexibility index (Phi) is 3.64. The van der Waals surface area contributed by atoms with Gasteiger partial charge in [0.05, 0.1) is 21.2 Å². The van der Waals surface area contributed by atoms with E-state index >= 15 is 0 Å². The Hall–Kier alpha value is -1.26. The lowest BCUT2D eigenvalue weighted by Crippen LogP contribution is -1.92. The van der Waals surface area contributed by atoms with E-state index in [-0.39, 0.29) is 0 Å². The molecular formula is C12H12N2S2. The summed E-state index contributed by atoms with van der Waals surface area (Å²) < 4.78 is 0. The molecule has 0 aromatic carbocycles. The molecule has 2 heterocycles. The van der Waals surface area contributed by atoms with E-state index in [0.717, 1.165) is 11.4 Å². The molecule has 2 aromatic heterocycles. The first-order chi connectivity index (χ1) is 7.77. The van der Waals surface area contributed by atoms with E-state index in [2.05, 4.69) is 22.3 Å².